The average molecular weight is 253 g/mol. The van der Waals surface area contributed by atoms with E-state index in [1.54, 1.807) is 7.11 Å². The van der Waals surface area contributed by atoms with E-state index in [1.807, 2.05) is 20.8 Å². The number of H-pyrrole nitrogens is 1. The fraction of sp³-hybridized carbons (Fsp3) is 0.692. The van der Waals surface area contributed by atoms with Crippen LogP contribution >= 0.6 is 0 Å². The number of aromatic amines is 1. The van der Waals surface area contributed by atoms with Gasteiger partial charge in [0.05, 0.1) is 5.56 Å². The highest BCUT2D eigenvalue weighted by atomic mass is 16.5. The fourth-order valence-electron chi connectivity index (χ4n) is 2.19. The summed E-state index contributed by atoms with van der Waals surface area (Å²) in [6.07, 6.45) is 2.98. The van der Waals surface area contributed by atoms with E-state index in [4.69, 9.17) is 10.5 Å². The molecule has 0 amide bonds. The Morgan fingerprint density at radius 2 is 1.94 bits per heavy atom. The molecule has 0 radical (unpaired) electrons. The summed E-state index contributed by atoms with van der Waals surface area (Å²) >= 11 is 0. The Kier molecular flexibility index (Phi) is 4.90. The number of methoxy groups -OCH3 is 1. The van der Waals surface area contributed by atoms with E-state index in [-0.39, 0.29) is 5.56 Å². The van der Waals surface area contributed by atoms with Crippen LogP contribution in [0.3, 0.4) is 0 Å². The quantitative estimate of drug-likeness (QED) is 0.812. The Bertz CT molecular complexity index is 442. The summed E-state index contributed by atoms with van der Waals surface area (Å²) in [6.45, 7) is 6.01. The van der Waals surface area contributed by atoms with Crippen molar-refractivity contribution in [3.63, 3.8) is 0 Å². The van der Waals surface area contributed by atoms with Crippen molar-refractivity contribution >= 4 is 5.82 Å². The molecule has 0 unspecified atom stereocenters. The van der Waals surface area contributed by atoms with Gasteiger partial charge in [0.2, 0.25) is 0 Å². The number of ether oxygens (including phenoxy) is 1. The first-order chi connectivity index (χ1) is 8.54. The average Bonchev–Trinajstić information content (AvgIpc) is 2.37. The van der Waals surface area contributed by atoms with Crippen molar-refractivity contribution in [2.45, 2.75) is 52.1 Å². The predicted octanol–water partition coefficient (Wildman–Crippen LogP) is 1.97. The number of rotatable bonds is 6. The molecular weight excluding hydrogens is 230 g/mol. The summed E-state index contributed by atoms with van der Waals surface area (Å²) in [4.78, 5) is 19.2. The SMILES string of the molecule is CCCc1c(N)nc(C(CC)(CC)OC)[nH]c1=O. The molecule has 1 heterocycles. The number of hydrogen-bond donors (Lipinski definition) is 2. The molecule has 18 heavy (non-hydrogen) atoms. The lowest BCUT2D eigenvalue weighted by atomic mass is 9.96. The van der Waals surface area contributed by atoms with Crippen molar-refractivity contribution in [1.29, 1.82) is 0 Å². The van der Waals surface area contributed by atoms with E-state index in [0.717, 1.165) is 19.3 Å². The van der Waals surface area contributed by atoms with Gasteiger partial charge in [-0.15, -0.1) is 0 Å². The summed E-state index contributed by atoms with van der Waals surface area (Å²) in [5.74, 6) is 0.844. The fourth-order valence-corrected chi connectivity index (χ4v) is 2.19. The second-order valence-corrected chi connectivity index (χ2v) is 4.43. The Morgan fingerprint density at radius 3 is 2.33 bits per heavy atom. The minimum absolute atomic E-state index is 0.150. The third-order valence-corrected chi connectivity index (χ3v) is 3.51. The van der Waals surface area contributed by atoms with Crippen LogP contribution < -0.4 is 11.3 Å². The first-order valence-corrected chi connectivity index (χ1v) is 6.48. The summed E-state index contributed by atoms with van der Waals surface area (Å²) in [5, 5.41) is 0. The Labute approximate surface area is 108 Å². The van der Waals surface area contributed by atoms with Gasteiger partial charge < -0.3 is 15.5 Å². The number of nitrogens with zero attached hydrogens (tertiary/aromatic N) is 1. The molecule has 102 valence electrons. The molecule has 5 nitrogen and oxygen atoms in total. The standard InChI is InChI=1S/C13H23N3O2/c1-5-8-9-10(14)15-12(16-11(9)17)13(6-2,7-3)18-4/h5-8H2,1-4H3,(H3,14,15,16,17). The maximum absolute atomic E-state index is 12.0. The van der Waals surface area contributed by atoms with Crippen LogP contribution in [0.15, 0.2) is 4.79 Å². The zero-order chi connectivity index (χ0) is 13.8. The Balaban J connectivity index is 3.32. The van der Waals surface area contributed by atoms with Crippen molar-refractivity contribution in [2.75, 3.05) is 12.8 Å². The molecule has 0 aliphatic rings. The number of aromatic nitrogens is 2. The molecule has 1 rings (SSSR count). The topological polar surface area (TPSA) is 81.0 Å². The van der Waals surface area contributed by atoms with Gasteiger partial charge in [0, 0.05) is 7.11 Å². The van der Waals surface area contributed by atoms with Gasteiger partial charge in [0.25, 0.3) is 5.56 Å². The molecular formula is C13H23N3O2. The molecule has 3 N–H and O–H groups in total. The molecule has 5 heteroatoms. The van der Waals surface area contributed by atoms with E-state index in [0.29, 0.717) is 23.6 Å². The molecule has 0 bridgehead atoms. The monoisotopic (exact) mass is 253 g/mol. The van der Waals surface area contributed by atoms with Crippen molar-refractivity contribution in [3.05, 3.63) is 21.7 Å². The normalized spacial score (nSPS) is 11.8. The highest BCUT2D eigenvalue weighted by molar-refractivity contribution is 5.38. The van der Waals surface area contributed by atoms with Gasteiger partial charge in [-0.2, -0.15) is 0 Å². The van der Waals surface area contributed by atoms with Crippen molar-refractivity contribution in [1.82, 2.24) is 9.97 Å². The number of nitrogen functional groups attached to an aromatic ring is 1. The Hall–Kier alpha value is -1.36. The third-order valence-electron chi connectivity index (χ3n) is 3.51. The molecule has 0 aromatic carbocycles. The van der Waals surface area contributed by atoms with Gasteiger partial charge in [0.1, 0.15) is 17.2 Å². The smallest absolute Gasteiger partial charge is 0.256 e. The van der Waals surface area contributed by atoms with Gasteiger partial charge in [-0.25, -0.2) is 4.98 Å². The van der Waals surface area contributed by atoms with Gasteiger partial charge in [-0.05, 0) is 19.3 Å². The van der Waals surface area contributed by atoms with E-state index < -0.39 is 5.60 Å². The molecule has 1 aromatic rings. The maximum atomic E-state index is 12.0. The van der Waals surface area contributed by atoms with Crippen LogP contribution in [0.1, 0.15) is 51.4 Å². The molecule has 0 aliphatic carbocycles. The summed E-state index contributed by atoms with van der Waals surface area (Å²) in [5.41, 5.74) is 5.74. The molecule has 0 saturated heterocycles. The maximum Gasteiger partial charge on any atom is 0.256 e. The van der Waals surface area contributed by atoms with Crippen LogP contribution in [0.4, 0.5) is 5.82 Å². The Morgan fingerprint density at radius 1 is 1.33 bits per heavy atom. The molecule has 0 spiro atoms. The van der Waals surface area contributed by atoms with E-state index in [9.17, 15) is 4.79 Å². The van der Waals surface area contributed by atoms with Crippen LogP contribution in [-0.4, -0.2) is 17.1 Å². The van der Waals surface area contributed by atoms with Crippen LogP contribution in [0, 0.1) is 0 Å². The second kappa shape index (κ2) is 6.00. The molecule has 1 aromatic heterocycles. The van der Waals surface area contributed by atoms with Crippen LogP contribution in [0.25, 0.3) is 0 Å². The number of hydrogen-bond acceptors (Lipinski definition) is 4. The summed E-state index contributed by atoms with van der Waals surface area (Å²) in [6, 6.07) is 0. The van der Waals surface area contributed by atoms with Gasteiger partial charge >= 0.3 is 0 Å². The van der Waals surface area contributed by atoms with Crippen molar-refractivity contribution in [2.24, 2.45) is 0 Å². The number of anilines is 1. The van der Waals surface area contributed by atoms with E-state index in [1.165, 1.54) is 0 Å². The van der Waals surface area contributed by atoms with E-state index in [2.05, 4.69) is 9.97 Å². The van der Waals surface area contributed by atoms with Crippen molar-refractivity contribution < 1.29 is 4.74 Å². The molecule has 0 fully saturated rings. The van der Waals surface area contributed by atoms with Gasteiger partial charge in [0.15, 0.2) is 0 Å². The molecule has 0 saturated carbocycles. The summed E-state index contributed by atoms with van der Waals surface area (Å²) in [7, 11) is 1.63. The van der Waals surface area contributed by atoms with Gasteiger partial charge in [-0.3, -0.25) is 4.79 Å². The lowest BCUT2D eigenvalue weighted by Gasteiger charge is -2.29. The lowest BCUT2D eigenvalue weighted by Crippen LogP contribution is -2.33. The van der Waals surface area contributed by atoms with Crippen LogP contribution in [0.5, 0.6) is 0 Å². The number of nitrogens with two attached hydrogens (primary N) is 1. The summed E-state index contributed by atoms with van der Waals surface area (Å²) < 4.78 is 5.54. The minimum Gasteiger partial charge on any atom is -0.383 e. The second-order valence-electron chi connectivity index (χ2n) is 4.43. The molecule has 0 atom stereocenters. The number of nitrogens with one attached hydrogen (secondary N) is 1. The first-order valence-electron chi connectivity index (χ1n) is 6.48. The predicted molar refractivity (Wildman–Crippen MR) is 72.5 cm³/mol. The molecule has 0 aliphatic heterocycles. The van der Waals surface area contributed by atoms with Crippen molar-refractivity contribution in [3.8, 4) is 0 Å². The minimum atomic E-state index is -0.558. The highest BCUT2D eigenvalue weighted by Crippen LogP contribution is 2.29. The lowest BCUT2D eigenvalue weighted by molar-refractivity contribution is -0.0292. The zero-order valence-electron chi connectivity index (χ0n) is 11.7. The highest BCUT2D eigenvalue weighted by Gasteiger charge is 2.31. The third kappa shape index (κ3) is 2.56. The van der Waals surface area contributed by atoms with Gasteiger partial charge in [-0.1, -0.05) is 27.2 Å². The van der Waals surface area contributed by atoms with E-state index >= 15 is 0 Å². The zero-order valence-corrected chi connectivity index (χ0v) is 11.7. The first kappa shape index (κ1) is 14.7. The van der Waals surface area contributed by atoms with Crippen LogP contribution in [-0.2, 0) is 16.8 Å². The van der Waals surface area contributed by atoms with Crippen LogP contribution in [0.2, 0.25) is 0 Å². The largest absolute Gasteiger partial charge is 0.383 e.